The highest BCUT2D eigenvalue weighted by Gasteiger charge is 2.36. The molecule has 2 aliphatic heterocycles. The average Bonchev–Trinajstić information content (AvgIpc) is 2.66. The topological polar surface area (TPSA) is 35.5 Å². The molecule has 0 saturated carbocycles. The van der Waals surface area contributed by atoms with Gasteiger partial charge in [0.2, 0.25) is 0 Å². The third kappa shape index (κ3) is 2.92. The van der Waals surface area contributed by atoms with E-state index in [-0.39, 0.29) is 0 Å². The lowest BCUT2D eigenvalue weighted by molar-refractivity contribution is 0.0700. The van der Waals surface area contributed by atoms with Crippen LogP contribution in [0.2, 0.25) is 0 Å². The van der Waals surface area contributed by atoms with Crippen molar-refractivity contribution in [3.63, 3.8) is 0 Å². The molecular weight excluding hydrogens is 188 g/mol. The van der Waals surface area contributed by atoms with Gasteiger partial charge in [-0.1, -0.05) is 0 Å². The molecule has 2 heterocycles. The van der Waals surface area contributed by atoms with E-state index in [9.17, 15) is 5.11 Å². The summed E-state index contributed by atoms with van der Waals surface area (Å²) in [5, 5.41) is 13.2. The van der Waals surface area contributed by atoms with Crippen LogP contribution in [0.25, 0.3) is 0 Å². The first-order chi connectivity index (χ1) is 7.06. The number of hydrogen-bond donors (Lipinski definition) is 2. The van der Waals surface area contributed by atoms with Gasteiger partial charge in [-0.3, -0.25) is 4.90 Å². The third-order valence-electron chi connectivity index (χ3n) is 3.75. The van der Waals surface area contributed by atoms with Gasteiger partial charge >= 0.3 is 0 Å². The van der Waals surface area contributed by atoms with E-state index in [4.69, 9.17) is 0 Å². The van der Waals surface area contributed by atoms with Gasteiger partial charge in [0.25, 0.3) is 0 Å². The van der Waals surface area contributed by atoms with Crippen molar-refractivity contribution in [2.45, 2.75) is 57.2 Å². The molecule has 88 valence electrons. The van der Waals surface area contributed by atoms with Crippen LogP contribution in [-0.2, 0) is 0 Å². The van der Waals surface area contributed by atoms with Gasteiger partial charge in [-0.25, -0.2) is 0 Å². The molecule has 2 fully saturated rings. The van der Waals surface area contributed by atoms with Gasteiger partial charge in [0.1, 0.15) is 0 Å². The Kier molecular flexibility index (Phi) is 3.33. The first kappa shape index (κ1) is 11.4. The molecule has 0 bridgehead atoms. The molecule has 3 heteroatoms. The van der Waals surface area contributed by atoms with Crippen LogP contribution in [0.5, 0.6) is 0 Å². The van der Waals surface area contributed by atoms with Crippen LogP contribution in [0.3, 0.4) is 0 Å². The number of nitrogens with zero attached hydrogens (tertiary/aromatic N) is 1. The number of fused-ring (bicyclic) bond motifs is 1. The van der Waals surface area contributed by atoms with E-state index in [0.717, 1.165) is 19.0 Å². The van der Waals surface area contributed by atoms with E-state index in [1.54, 1.807) is 0 Å². The van der Waals surface area contributed by atoms with Gasteiger partial charge < -0.3 is 10.4 Å². The zero-order valence-electron chi connectivity index (χ0n) is 10.00. The van der Waals surface area contributed by atoms with Crippen molar-refractivity contribution in [1.82, 2.24) is 10.2 Å². The summed E-state index contributed by atoms with van der Waals surface area (Å²) in [5.41, 5.74) is -0.527. The second kappa shape index (κ2) is 4.40. The van der Waals surface area contributed by atoms with Crippen molar-refractivity contribution in [2.24, 2.45) is 0 Å². The predicted octanol–water partition coefficient (Wildman–Crippen LogP) is 0.974. The van der Waals surface area contributed by atoms with Crippen molar-refractivity contribution in [3.05, 3.63) is 0 Å². The molecule has 0 spiro atoms. The van der Waals surface area contributed by atoms with E-state index in [1.165, 1.54) is 32.4 Å². The number of hydrogen-bond acceptors (Lipinski definition) is 3. The van der Waals surface area contributed by atoms with Crippen molar-refractivity contribution in [2.75, 3.05) is 19.6 Å². The molecule has 2 atom stereocenters. The maximum absolute atomic E-state index is 9.63. The Morgan fingerprint density at radius 2 is 2.13 bits per heavy atom. The summed E-state index contributed by atoms with van der Waals surface area (Å²) in [5.74, 6) is 0. The summed E-state index contributed by atoms with van der Waals surface area (Å²) in [4.78, 5) is 2.61. The highest BCUT2D eigenvalue weighted by molar-refractivity contribution is 4.95. The standard InChI is InChI=1S/C12H24N2O/c1-12(2,15)6-7-13-10-5-9-14-8-3-4-11(10)14/h10-11,13,15H,3-9H2,1-2H3. The highest BCUT2D eigenvalue weighted by atomic mass is 16.3. The Balaban J connectivity index is 1.71. The summed E-state index contributed by atoms with van der Waals surface area (Å²) in [6, 6.07) is 1.46. The van der Waals surface area contributed by atoms with E-state index in [0.29, 0.717) is 6.04 Å². The Hall–Kier alpha value is -0.120. The number of aliphatic hydroxyl groups is 1. The quantitative estimate of drug-likeness (QED) is 0.729. The zero-order chi connectivity index (χ0) is 10.9. The van der Waals surface area contributed by atoms with Crippen LogP contribution in [0, 0.1) is 0 Å². The van der Waals surface area contributed by atoms with Crippen LogP contribution in [0.1, 0.15) is 39.5 Å². The van der Waals surface area contributed by atoms with E-state index >= 15 is 0 Å². The molecule has 0 amide bonds. The van der Waals surface area contributed by atoms with E-state index in [1.807, 2.05) is 13.8 Å². The Bertz CT molecular complexity index is 212. The second-order valence-electron chi connectivity index (χ2n) is 5.66. The highest BCUT2D eigenvalue weighted by Crippen LogP contribution is 2.27. The Morgan fingerprint density at radius 1 is 1.33 bits per heavy atom. The predicted molar refractivity (Wildman–Crippen MR) is 61.9 cm³/mol. The zero-order valence-corrected chi connectivity index (χ0v) is 10.00. The maximum Gasteiger partial charge on any atom is 0.0603 e. The first-order valence-corrected chi connectivity index (χ1v) is 6.26. The van der Waals surface area contributed by atoms with E-state index in [2.05, 4.69) is 10.2 Å². The molecule has 3 nitrogen and oxygen atoms in total. The van der Waals surface area contributed by atoms with Crippen molar-refractivity contribution in [3.8, 4) is 0 Å². The van der Waals surface area contributed by atoms with Crippen LogP contribution in [0.4, 0.5) is 0 Å². The summed E-state index contributed by atoms with van der Waals surface area (Å²) >= 11 is 0. The maximum atomic E-state index is 9.63. The van der Waals surface area contributed by atoms with Gasteiger partial charge in [-0.2, -0.15) is 0 Å². The lowest BCUT2D eigenvalue weighted by atomic mass is 10.0. The van der Waals surface area contributed by atoms with Gasteiger partial charge in [-0.15, -0.1) is 0 Å². The molecule has 15 heavy (non-hydrogen) atoms. The van der Waals surface area contributed by atoms with Crippen molar-refractivity contribution >= 4 is 0 Å². The molecule has 2 N–H and O–H groups in total. The molecule has 0 aliphatic carbocycles. The van der Waals surface area contributed by atoms with Gasteiger partial charge in [-0.05, 0) is 52.6 Å². The van der Waals surface area contributed by atoms with Gasteiger partial charge in [0.15, 0.2) is 0 Å². The van der Waals surface area contributed by atoms with Crippen molar-refractivity contribution < 1.29 is 5.11 Å². The Labute approximate surface area is 92.8 Å². The SMILES string of the molecule is CC(C)(O)CCNC1CCN2CCCC12. The first-order valence-electron chi connectivity index (χ1n) is 6.26. The minimum absolute atomic E-state index is 0.527. The smallest absolute Gasteiger partial charge is 0.0603 e. The van der Waals surface area contributed by atoms with Crippen LogP contribution in [-0.4, -0.2) is 47.3 Å². The fraction of sp³-hybridized carbons (Fsp3) is 1.00. The molecule has 0 aromatic rings. The molecule has 0 aromatic heterocycles. The summed E-state index contributed by atoms with van der Waals surface area (Å²) in [7, 11) is 0. The van der Waals surface area contributed by atoms with Crippen LogP contribution in [0.15, 0.2) is 0 Å². The molecule has 0 radical (unpaired) electrons. The molecule has 2 rings (SSSR count). The normalized spacial score (nSPS) is 32.2. The van der Waals surface area contributed by atoms with Crippen molar-refractivity contribution in [1.29, 1.82) is 0 Å². The molecule has 2 unspecified atom stereocenters. The summed E-state index contributed by atoms with van der Waals surface area (Å²) in [6.45, 7) is 7.27. The lowest BCUT2D eigenvalue weighted by Gasteiger charge is -2.23. The monoisotopic (exact) mass is 212 g/mol. The molecular formula is C12H24N2O. The van der Waals surface area contributed by atoms with Gasteiger partial charge in [0.05, 0.1) is 5.60 Å². The van der Waals surface area contributed by atoms with Crippen LogP contribution < -0.4 is 5.32 Å². The fourth-order valence-electron chi connectivity index (χ4n) is 2.88. The fourth-order valence-corrected chi connectivity index (χ4v) is 2.88. The number of nitrogens with one attached hydrogen (secondary N) is 1. The Morgan fingerprint density at radius 3 is 2.87 bits per heavy atom. The van der Waals surface area contributed by atoms with E-state index < -0.39 is 5.60 Å². The minimum Gasteiger partial charge on any atom is -0.390 e. The average molecular weight is 212 g/mol. The van der Waals surface area contributed by atoms with Crippen LogP contribution >= 0.6 is 0 Å². The van der Waals surface area contributed by atoms with Gasteiger partial charge in [0, 0.05) is 18.6 Å². The largest absolute Gasteiger partial charge is 0.390 e. The lowest BCUT2D eigenvalue weighted by Crippen LogP contribution is -2.41. The minimum atomic E-state index is -0.527. The third-order valence-corrected chi connectivity index (χ3v) is 3.75. The molecule has 2 aliphatic rings. The second-order valence-corrected chi connectivity index (χ2v) is 5.66. The molecule has 2 saturated heterocycles. The summed E-state index contributed by atoms with van der Waals surface area (Å²) in [6.07, 6.45) is 4.86. The summed E-state index contributed by atoms with van der Waals surface area (Å²) < 4.78 is 0. The number of rotatable bonds is 4. The molecule has 0 aromatic carbocycles.